The lowest BCUT2D eigenvalue weighted by molar-refractivity contribution is 0.0790. The van der Waals surface area contributed by atoms with Gasteiger partial charge in [0, 0.05) is 43.4 Å². The van der Waals surface area contributed by atoms with Gasteiger partial charge in [0.1, 0.15) is 0 Å². The molecule has 1 unspecified atom stereocenters. The molecule has 176 valence electrons. The van der Waals surface area contributed by atoms with Crippen LogP contribution in [0, 0.1) is 0 Å². The highest BCUT2D eigenvalue weighted by Crippen LogP contribution is 2.45. The molecule has 2 fully saturated rings. The number of thiazole rings is 1. The number of hydrogen-bond acceptors (Lipinski definition) is 5. The van der Waals surface area contributed by atoms with Crippen LogP contribution < -0.4 is 0 Å². The minimum Gasteiger partial charge on any atom is -0.392 e. The normalized spacial score (nSPS) is 20.5. The summed E-state index contributed by atoms with van der Waals surface area (Å²) in [5.41, 5.74) is 7.15. The van der Waals surface area contributed by atoms with Crippen molar-refractivity contribution in [2.24, 2.45) is 0 Å². The second kappa shape index (κ2) is 8.91. The van der Waals surface area contributed by atoms with Crippen molar-refractivity contribution < 1.29 is 9.90 Å². The third-order valence-electron chi connectivity index (χ3n) is 7.62. The van der Waals surface area contributed by atoms with Crippen LogP contribution in [0.1, 0.15) is 68.2 Å². The predicted molar refractivity (Wildman–Crippen MR) is 135 cm³/mol. The Morgan fingerprint density at radius 2 is 1.94 bits per heavy atom. The van der Waals surface area contributed by atoms with Crippen LogP contribution in [0.4, 0.5) is 0 Å². The molecular weight excluding hydrogens is 442 g/mol. The molecule has 1 N–H and O–H groups in total. The van der Waals surface area contributed by atoms with Crippen LogP contribution >= 0.6 is 11.3 Å². The summed E-state index contributed by atoms with van der Waals surface area (Å²) in [5, 5.41) is 10.9. The summed E-state index contributed by atoms with van der Waals surface area (Å²) in [7, 11) is 2.11. The molecule has 3 heterocycles. The Bertz CT molecular complexity index is 1230. The van der Waals surface area contributed by atoms with E-state index in [1.165, 1.54) is 40.0 Å². The Morgan fingerprint density at radius 1 is 1.09 bits per heavy atom. The van der Waals surface area contributed by atoms with Gasteiger partial charge >= 0.3 is 0 Å². The van der Waals surface area contributed by atoms with Crippen LogP contribution in [0.5, 0.6) is 0 Å². The van der Waals surface area contributed by atoms with E-state index < -0.39 is 0 Å². The van der Waals surface area contributed by atoms with E-state index >= 15 is 0 Å². The quantitative estimate of drug-likeness (QED) is 0.579. The standard InChI is InChI=1S/C28H31N3O2S/c1-30-12-11-25-26(16-30)34-27(29-25)28(33)31-13-10-20(15-31)22-9-8-19(14-21(22)17-32)24-5-3-2-4-23(24)18-6-7-18/h2-5,8-9,14,18,20,32H,6-7,10-13,15-17H2,1H3. The zero-order valence-electron chi connectivity index (χ0n) is 19.7. The van der Waals surface area contributed by atoms with E-state index in [9.17, 15) is 9.90 Å². The lowest BCUT2D eigenvalue weighted by Crippen LogP contribution is -2.28. The summed E-state index contributed by atoms with van der Waals surface area (Å²) in [6, 6.07) is 15.2. The molecule has 1 atom stereocenters. The molecule has 34 heavy (non-hydrogen) atoms. The average Bonchev–Trinajstić information content (AvgIpc) is 3.44. The Labute approximate surface area is 205 Å². The van der Waals surface area contributed by atoms with Gasteiger partial charge in [-0.15, -0.1) is 11.3 Å². The van der Waals surface area contributed by atoms with Gasteiger partial charge in [-0.2, -0.15) is 0 Å². The molecule has 1 amide bonds. The highest BCUT2D eigenvalue weighted by molar-refractivity contribution is 7.13. The number of aliphatic hydroxyl groups is 1. The van der Waals surface area contributed by atoms with E-state index in [0.717, 1.165) is 43.7 Å². The zero-order valence-corrected chi connectivity index (χ0v) is 20.5. The first kappa shape index (κ1) is 22.0. The molecule has 1 saturated heterocycles. The van der Waals surface area contributed by atoms with E-state index in [1.807, 2.05) is 4.90 Å². The van der Waals surface area contributed by atoms with Crippen molar-refractivity contribution in [2.75, 3.05) is 26.7 Å². The van der Waals surface area contributed by atoms with Crippen molar-refractivity contribution in [3.63, 3.8) is 0 Å². The van der Waals surface area contributed by atoms with Crippen LogP contribution in [0.3, 0.4) is 0 Å². The molecule has 0 bridgehead atoms. The van der Waals surface area contributed by atoms with Crippen molar-refractivity contribution in [3.05, 3.63) is 74.7 Å². The molecule has 1 aliphatic carbocycles. The van der Waals surface area contributed by atoms with E-state index in [2.05, 4.69) is 54.4 Å². The van der Waals surface area contributed by atoms with Crippen LogP contribution in [-0.2, 0) is 19.6 Å². The van der Waals surface area contributed by atoms with Gasteiger partial charge in [-0.1, -0.05) is 36.4 Å². The lowest BCUT2D eigenvalue weighted by atomic mass is 9.89. The molecular formula is C28H31N3O2S. The van der Waals surface area contributed by atoms with Gasteiger partial charge in [0.2, 0.25) is 0 Å². The van der Waals surface area contributed by atoms with Gasteiger partial charge in [-0.05, 0) is 66.1 Å². The van der Waals surface area contributed by atoms with Crippen molar-refractivity contribution in [2.45, 2.75) is 50.7 Å². The second-order valence-corrected chi connectivity index (χ2v) is 11.1. The number of carbonyl (C=O) groups excluding carboxylic acids is 1. The Kier molecular flexibility index (Phi) is 5.76. The van der Waals surface area contributed by atoms with Crippen molar-refractivity contribution in [1.29, 1.82) is 0 Å². The van der Waals surface area contributed by atoms with Crippen LogP contribution in [-0.4, -0.2) is 52.5 Å². The van der Waals surface area contributed by atoms with Gasteiger partial charge in [-0.3, -0.25) is 4.79 Å². The second-order valence-electron chi connectivity index (χ2n) is 10.0. The summed E-state index contributed by atoms with van der Waals surface area (Å²) in [6.07, 6.45) is 4.39. The number of likely N-dealkylation sites (N-methyl/N-ethyl adjacent to an activating group) is 1. The maximum Gasteiger partial charge on any atom is 0.282 e. The summed E-state index contributed by atoms with van der Waals surface area (Å²) >= 11 is 1.56. The first-order valence-electron chi connectivity index (χ1n) is 12.4. The van der Waals surface area contributed by atoms with Crippen LogP contribution in [0.2, 0.25) is 0 Å². The number of rotatable bonds is 5. The zero-order chi connectivity index (χ0) is 23.2. The predicted octanol–water partition coefficient (Wildman–Crippen LogP) is 4.80. The summed E-state index contributed by atoms with van der Waals surface area (Å²) < 4.78 is 0. The number of amides is 1. The van der Waals surface area contributed by atoms with Gasteiger partial charge in [0.05, 0.1) is 12.3 Å². The molecule has 2 aliphatic heterocycles. The minimum absolute atomic E-state index is 0.0198. The summed E-state index contributed by atoms with van der Waals surface area (Å²) in [4.78, 5) is 23.4. The average molecular weight is 474 g/mol. The first-order chi connectivity index (χ1) is 16.6. The highest BCUT2D eigenvalue weighted by Gasteiger charge is 2.32. The number of nitrogens with zero attached hydrogens (tertiary/aromatic N) is 3. The van der Waals surface area contributed by atoms with Crippen LogP contribution in [0.25, 0.3) is 11.1 Å². The fourth-order valence-corrected chi connectivity index (χ4v) is 6.72. The van der Waals surface area contributed by atoms with Crippen molar-refractivity contribution in [1.82, 2.24) is 14.8 Å². The third kappa shape index (κ3) is 4.08. The molecule has 6 rings (SSSR count). The van der Waals surface area contributed by atoms with Crippen LogP contribution in [0.15, 0.2) is 42.5 Å². The number of likely N-dealkylation sites (tertiary alicyclic amines) is 1. The lowest BCUT2D eigenvalue weighted by Gasteiger charge is -2.20. The number of aromatic nitrogens is 1. The van der Waals surface area contributed by atoms with Gasteiger partial charge in [0.25, 0.3) is 5.91 Å². The Hall–Kier alpha value is -2.54. The summed E-state index contributed by atoms with van der Waals surface area (Å²) in [6.45, 7) is 3.34. The Balaban J connectivity index is 1.21. The molecule has 0 spiro atoms. The SMILES string of the molecule is CN1CCc2nc(C(=O)N3CCC(c4ccc(-c5ccccc5C5CC5)cc4CO)C3)sc2C1. The van der Waals surface area contributed by atoms with E-state index in [4.69, 9.17) is 4.98 Å². The molecule has 3 aliphatic rings. The minimum atomic E-state index is 0.0198. The summed E-state index contributed by atoms with van der Waals surface area (Å²) in [5.74, 6) is 0.990. The number of aliphatic hydroxyl groups excluding tert-OH is 1. The maximum atomic E-state index is 13.2. The van der Waals surface area contributed by atoms with E-state index in [-0.39, 0.29) is 18.4 Å². The molecule has 3 aromatic rings. The maximum absolute atomic E-state index is 13.2. The number of carbonyl (C=O) groups is 1. The topological polar surface area (TPSA) is 56.7 Å². The molecule has 1 aromatic heterocycles. The molecule has 6 heteroatoms. The fraction of sp³-hybridized carbons (Fsp3) is 0.429. The van der Waals surface area contributed by atoms with Crippen molar-refractivity contribution >= 4 is 17.2 Å². The van der Waals surface area contributed by atoms with Crippen molar-refractivity contribution in [3.8, 4) is 11.1 Å². The number of hydrogen-bond donors (Lipinski definition) is 1. The smallest absolute Gasteiger partial charge is 0.282 e. The van der Waals surface area contributed by atoms with Gasteiger partial charge in [-0.25, -0.2) is 4.98 Å². The van der Waals surface area contributed by atoms with E-state index in [1.54, 1.807) is 11.3 Å². The molecule has 0 radical (unpaired) electrons. The Morgan fingerprint density at radius 3 is 2.76 bits per heavy atom. The fourth-order valence-electron chi connectivity index (χ4n) is 5.57. The number of benzene rings is 2. The largest absolute Gasteiger partial charge is 0.392 e. The van der Waals surface area contributed by atoms with Gasteiger partial charge in [0.15, 0.2) is 5.01 Å². The third-order valence-corrected chi connectivity index (χ3v) is 8.69. The van der Waals surface area contributed by atoms with Gasteiger partial charge < -0.3 is 14.9 Å². The highest BCUT2D eigenvalue weighted by atomic mass is 32.1. The van der Waals surface area contributed by atoms with E-state index in [0.29, 0.717) is 17.5 Å². The molecule has 2 aromatic carbocycles. The molecule has 1 saturated carbocycles. The first-order valence-corrected chi connectivity index (χ1v) is 13.2. The monoisotopic (exact) mass is 473 g/mol. The number of fused-ring (bicyclic) bond motifs is 1. The molecule has 5 nitrogen and oxygen atoms in total.